The van der Waals surface area contributed by atoms with Crippen LogP contribution in [-0.4, -0.2) is 0 Å². The standard InChI is InChI=1S/C22H37Cl/c1-3-5-7-9-11-13-16-20(15-12-10-8-6-4-2)21-17-14-18-22(23)19-21/h14,17-20H,3-13,15-16H2,1-2H3. The normalized spacial score (nSPS) is 12.5. The van der Waals surface area contributed by atoms with E-state index in [1.54, 1.807) is 0 Å². The second-order valence-corrected chi connectivity index (χ2v) is 7.45. The van der Waals surface area contributed by atoms with Crippen LogP contribution in [0.5, 0.6) is 0 Å². The lowest BCUT2D eigenvalue weighted by atomic mass is 9.88. The second kappa shape index (κ2) is 13.9. The SMILES string of the molecule is CCCCCCCCC(CCCCCCC)c1cccc(Cl)c1. The van der Waals surface area contributed by atoms with Crippen molar-refractivity contribution in [1.82, 2.24) is 0 Å². The summed E-state index contributed by atoms with van der Waals surface area (Å²) < 4.78 is 0. The Morgan fingerprint density at radius 3 is 1.78 bits per heavy atom. The van der Waals surface area contributed by atoms with Gasteiger partial charge in [0.05, 0.1) is 0 Å². The van der Waals surface area contributed by atoms with Crippen molar-refractivity contribution in [2.75, 3.05) is 0 Å². The molecule has 0 N–H and O–H groups in total. The summed E-state index contributed by atoms with van der Waals surface area (Å²) in [5.41, 5.74) is 1.46. The van der Waals surface area contributed by atoms with Crippen LogP contribution in [0.25, 0.3) is 0 Å². The Bertz CT molecular complexity index is 385. The van der Waals surface area contributed by atoms with Crippen LogP contribution in [0.4, 0.5) is 0 Å². The summed E-state index contributed by atoms with van der Waals surface area (Å²) >= 11 is 6.21. The van der Waals surface area contributed by atoms with Crippen LogP contribution in [0, 0.1) is 0 Å². The fourth-order valence-corrected chi connectivity index (χ4v) is 3.60. The lowest BCUT2D eigenvalue weighted by Crippen LogP contribution is -2.00. The van der Waals surface area contributed by atoms with E-state index in [2.05, 4.69) is 32.0 Å². The van der Waals surface area contributed by atoms with Gasteiger partial charge in [-0.3, -0.25) is 0 Å². The quantitative estimate of drug-likeness (QED) is 0.298. The predicted molar refractivity (Wildman–Crippen MR) is 106 cm³/mol. The molecule has 0 nitrogen and oxygen atoms in total. The van der Waals surface area contributed by atoms with Crippen LogP contribution in [0.1, 0.15) is 109 Å². The second-order valence-electron chi connectivity index (χ2n) is 7.01. The molecule has 1 rings (SSSR count). The number of hydrogen-bond donors (Lipinski definition) is 0. The summed E-state index contributed by atoms with van der Waals surface area (Å²) in [6.45, 7) is 4.57. The third kappa shape index (κ3) is 10.1. The van der Waals surface area contributed by atoms with E-state index in [4.69, 9.17) is 11.6 Å². The van der Waals surface area contributed by atoms with Crippen LogP contribution >= 0.6 is 11.6 Å². The van der Waals surface area contributed by atoms with E-state index >= 15 is 0 Å². The van der Waals surface area contributed by atoms with E-state index in [9.17, 15) is 0 Å². The zero-order chi connectivity index (χ0) is 16.8. The molecule has 0 heterocycles. The molecule has 23 heavy (non-hydrogen) atoms. The third-order valence-corrected chi connectivity index (χ3v) is 5.12. The average molecular weight is 337 g/mol. The summed E-state index contributed by atoms with van der Waals surface area (Å²) in [5, 5.41) is 0.890. The van der Waals surface area contributed by atoms with Crippen LogP contribution in [-0.2, 0) is 0 Å². The molecular formula is C22H37Cl. The van der Waals surface area contributed by atoms with Crippen LogP contribution in [0.15, 0.2) is 24.3 Å². The van der Waals surface area contributed by atoms with Crippen LogP contribution in [0.3, 0.4) is 0 Å². The van der Waals surface area contributed by atoms with Crippen LogP contribution < -0.4 is 0 Å². The molecule has 0 aliphatic rings. The Morgan fingerprint density at radius 2 is 1.26 bits per heavy atom. The molecule has 1 aromatic carbocycles. The van der Waals surface area contributed by atoms with Gasteiger partial charge in [-0.25, -0.2) is 0 Å². The van der Waals surface area contributed by atoms with E-state index in [1.807, 2.05) is 6.07 Å². The molecule has 0 aliphatic heterocycles. The van der Waals surface area contributed by atoms with Crippen molar-refractivity contribution in [3.8, 4) is 0 Å². The highest BCUT2D eigenvalue weighted by molar-refractivity contribution is 6.30. The summed E-state index contributed by atoms with van der Waals surface area (Å²) in [4.78, 5) is 0. The number of halogens is 1. The van der Waals surface area contributed by atoms with Gasteiger partial charge in [0.1, 0.15) is 0 Å². The van der Waals surface area contributed by atoms with Crippen molar-refractivity contribution in [1.29, 1.82) is 0 Å². The Morgan fingerprint density at radius 1 is 0.739 bits per heavy atom. The van der Waals surface area contributed by atoms with E-state index < -0.39 is 0 Å². The zero-order valence-electron chi connectivity index (χ0n) is 15.5. The Labute approximate surface area is 150 Å². The van der Waals surface area contributed by atoms with Crippen molar-refractivity contribution < 1.29 is 0 Å². The molecule has 1 aromatic rings. The van der Waals surface area contributed by atoms with Crippen molar-refractivity contribution >= 4 is 11.6 Å². The minimum Gasteiger partial charge on any atom is -0.0843 e. The topological polar surface area (TPSA) is 0 Å². The van der Waals surface area contributed by atoms with Gasteiger partial charge >= 0.3 is 0 Å². The van der Waals surface area contributed by atoms with Crippen molar-refractivity contribution in [3.63, 3.8) is 0 Å². The Hall–Kier alpha value is -0.490. The highest BCUT2D eigenvalue weighted by Gasteiger charge is 2.11. The van der Waals surface area contributed by atoms with Crippen molar-refractivity contribution in [3.05, 3.63) is 34.9 Å². The monoisotopic (exact) mass is 336 g/mol. The molecule has 0 amide bonds. The van der Waals surface area contributed by atoms with Gasteiger partial charge in [-0.15, -0.1) is 0 Å². The summed E-state index contributed by atoms with van der Waals surface area (Å²) in [6, 6.07) is 8.58. The van der Waals surface area contributed by atoms with Crippen molar-refractivity contribution in [2.45, 2.75) is 103 Å². The maximum atomic E-state index is 6.21. The largest absolute Gasteiger partial charge is 0.0843 e. The molecule has 0 bridgehead atoms. The first-order valence-electron chi connectivity index (χ1n) is 10.0. The first-order valence-corrected chi connectivity index (χ1v) is 10.4. The molecule has 0 fully saturated rings. The fraction of sp³-hybridized carbons (Fsp3) is 0.727. The molecule has 0 spiro atoms. The summed E-state index contributed by atoms with van der Waals surface area (Å²) in [6.07, 6.45) is 17.9. The van der Waals surface area contributed by atoms with E-state index in [0.717, 1.165) is 5.02 Å². The average Bonchev–Trinajstić information content (AvgIpc) is 2.56. The van der Waals surface area contributed by atoms with Gasteiger partial charge in [0.25, 0.3) is 0 Å². The molecule has 0 radical (unpaired) electrons. The Balaban J connectivity index is 2.38. The molecule has 0 aromatic heterocycles. The molecule has 0 saturated carbocycles. The van der Waals surface area contributed by atoms with Gasteiger partial charge < -0.3 is 0 Å². The lowest BCUT2D eigenvalue weighted by molar-refractivity contribution is 0.488. The van der Waals surface area contributed by atoms with Gasteiger partial charge in [0.15, 0.2) is 0 Å². The molecule has 0 aliphatic carbocycles. The Kier molecular flexibility index (Phi) is 12.4. The minimum absolute atomic E-state index is 0.710. The summed E-state index contributed by atoms with van der Waals surface area (Å²) in [5.74, 6) is 0.710. The van der Waals surface area contributed by atoms with Gasteiger partial charge in [0.2, 0.25) is 0 Å². The highest BCUT2D eigenvalue weighted by atomic mass is 35.5. The van der Waals surface area contributed by atoms with Crippen LogP contribution in [0.2, 0.25) is 5.02 Å². The first-order chi connectivity index (χ1) is 11.3. The number of hydrogen-bond acceptors (Lipinski definition) is 0. The number of unbranched alkanes of at least 4 members (excludes halogenated alkanes) is 9. The van der Waals surface area contributed by atoms with Crippen molar-refractivity contribution in [2.24, 2.45) is 0 Å². The first kappa shape index (κ1) is 20.6. The molecule has 1 atom stereocenters. The maximum Gasteiger partial charge on any atom is 0.0408 e. The molecule has 1 heteroatoms. The fourth-order valence-electron chi connectivity index (χ4n) is 3.40. The van der Waals surface area contributed by atoms with E-state index in [1.165, 1.54) is 89.0 Å². The summed E-state index contributed by atoms with van der Waals surface area (Å²) in [7, 11) is 0. The van der Waals surface area contributed by atoms with E-state index in [-0.39, 0.29) is 0 Å². The molecule has 1 unspecified atom stereocenters. The maximum absolute atomic E-state index is 6.21. The van der Waals surface area contributed by atoms with Gasteiger partial charge in [-0.05, 0) is 36.5 Å². The van der Waals surface area contributed by atoms with Gasteiger partial charge in [-0.2, -0.15) is 0 Å². The smallest absolute Gasteiger partial charge is 0.0408 e. The molecular weight excluding hydrogens is 300 g/mol. The van der Waals surface area contributed by atoms with Gasteiger partial charge in [0, 0.05) is 5.02 Å². The highest BCUT2D eigenvalue weighted by Crippen LogP contribution is 2.30. The number of benzene rings is 1. The molecule has 132 valence electrons. The minimum atomic E-state index is 0.710. The third-order valence-electron chi connectivity index (χ3n) is 4.88. The van der Waals surface area contributed by atoms with Gasteiger partial charge in [-0.1, -0.05) is 108 Å². The predicted octanol–water partition coefficient (Wildman–Crippen LogP) is 8.53. The van der Waals surface area contributed by atoms with E-state index in [0.29, 0.717) is 5.92 Å². The number of rotatable bonds is 14. The lowest BCUT2D eigenvalue weighted by Gasteiger charge is -2.18. The molecule has 0 saturated heterocycles. The zero-order valence-corrected chi connectivity index (χ0v) is 16.2.